The third kappa shape index (κ3) is 20.9. The van der Waals surface area contributed by atoms with Crippen LogP contribution in [0.2, 0.25) is 0 Å². The van der Waals surface area contributed by atoms with Crippen LogP contribution in [0.25, 0.3) is 0 Å². The molecule has 0 atom stereocenters. The summed E-state index contributed by atoms with van der Waals surface area (Å²) < 4.78 is 117. The van der Waals surface area contributed by atoms with E-state index in [-0.39, 0.29) is 38.9 Å². The summed E-state index contributed by atoms with van der Waals surface area (Å²) in [5, 5.41) is 49.1. The molecule has 4 aromatic heterocycles. The number of nitrogens with one attached hydrogen (secondary N) is 9. The molecule has 41 heteroatoms. The number of aryl methyl sites for hydroxylation is 8. The molecule has 0 unspecified atom stereocenters. The topological polar surface area (TPSA) is 472 Å². The van der Waals surface area contributed by atoms with Gasteiger partial charge in [0, 0.05) is 86.8 Å². The summed E-state index contributed by atoms with van der Waals surface area (Å²) in [5.41, 5.74) is 21.8. The molecule has 8 aliphatic carbocycles. The molecule has 1 aliphatic heterocycles. The molecule has 684 valence electrons. The number of urea groups is 4. The minimum absolute atomic E-state index is 0.142. The Bertz CT molecular complexity index is 6010. The number of benzene rings is 4. The Morgan fingerprint density at radius 3 is 1.05 bits per heavy atom. The van der Waals surface area contributed by atoms with Crippen molar-refractivity contribution in [3.05, 3.63) is 160 Å². The maximum atomic E-state index is 13.0. The normalized spacial score (nSPS) is 15.8. The van der Waals surface area contributed by atoms with Gasteiger partial charge in [0.05, 0.1) is 37.6 Å². The number of carboxylic acid groups (broad SMARTS) is 1. The van der Waals surface area contributed by atoms with Crippen molar-refractivity contribution in [2.75, 3.05) is 104 Å². The van der Waals surface area contributed by atoms with E-state index < -0.39 is 80.8 Å². The maximum absolute atomic E-state index is 13.0. The molecule has 5 heterocycles. The number of aliphatic hydroxyl groups is 1. The van der Waals surface area contributed by atoms with Crippen molar-refractivity contribution in [3.63, 3.8) is 0 Å². The van der Waals surface area contributed by atoms with E-state index in [1.54, 1.807) is 38.7 Å². The van der Waals surface area contributed by atoms with E-state index in [4.69, 9.17) is 0 Å². The van der Waals surface area contributed by atoms with Crippen LogP contribution in [0.1, 0.15) is 187 Å². The number of nitrogens with zero attached hydrogens (tertiary/aromatic N) is 12. The van der Waals surface area contributed by atoms with Crippen molar-refractivity contribution in [1.82, 2.24) is 82.9 Å². The van der Waals surface area contributed by atoms with Gasteiger partial charge in [-0.25, -0.2) is 42.9 Å². The molecule has 9 amide bonds. The molecule has 37 nitrogen and oxygen atoms in total. The van der Waals surface area contributed by atoms with Gasteiger partial charge < -0.3 is 56.4 Å². The first-order valence-corrected chi connectivity index (χ1v) is 49.3. The number of sulfonamides is 4. The molecule has 9 aliphatic rings. The number of carbonyl (C=O) groups excluding carboxylic acids is 5. The Morgan fingerprint density at radius 1 is 0.409 bits per heavy atom. The SMILES string of the molecule is CN(C)CCn1nc(S(=O)(=O)NC(=O)Nc2c3c(cc4c2CCC4)CCC3)cc1C(C)(C)O.CN(C)CCn1nc(S(=O)(=O)NC(=O)Nc2c3c(cc4c2CCC4)CCC3)cc1CN(C)C.CN1CCn2nc(S(=O)(=O)NC(=O)Nc3c4c(cc5c3CCC5)CCC4)cc2C1=O.CNCCn1nc(S(=O)(=O)NC(=O)Nc2c3c(cc4c2CCC4)CCC3)cc1C(=O)O. The van der Waals surface area contributed by atoms with Crippen LogP contribution in [0, 0.1) is 0 Å². The van der Waals surface area contributed by atoms with E-state index in [0.717, 1.165) is 244 Å². The van der Waals surface area contributed by atoms with Crippen LogP contribution in [0.3, 0.4) is 0 Å². The van der Waals surface area contributed by atoms with Crippen molar-refractivity contribution in [2.24, 2.45) is 0 Å². The fraction of sp³-hybridized carbons (Fsp3) is 0.512. The second-order valence-electron chi connectivity index (χ2n) is 35.2. The number of amides is 9. The van der Waals surface area contributed by atoms with Crippen molar-refractivity contribution >= 4 is 98.8 Å². The van der Waals surface area contributed by atoms with Gasteiger partial charge in [0.15, 0.2) is 20.1 Å². The van der Waals surface area contributed by atoms with Gasteiger partial charge in [0.2, 0.25) is 0 Å². The number of likely N-dealkylation sites (N-methyl/N-ethyl adjacent to an activating group) is 4. The first-order valence-electron chi connectivity index (χ1n) is 43.3. The lowest BCUT2D eigenvalue weighted by Gasteiger charge is -2.22. The quantitative estimate of drug-likeness (QED) is 0.0277. The lowest BCUT2D eigenvalue weighted by molar-refractivity contribution is 0.0672. The molecule has 0 fully saturated rings. The molecule has 0 saturated carbocycles. The van der Waals surface area contributed by atoms with Crippen molar-refractivity contribution < 1.29 is 72.7 Å². The molecule has 8 aromatic rings. The van der Waals surface area contributed by atoms with E-state index in [2.05, 4.69) is 85.4 Å². The first kappa shape index (κ1) is 92.5. The Morgan fingerprint density at radius 2 is 0.724 bits per heavy atom. The predicted molar refractivity (Wildman–Crippen MR) is 476 cm³/mol. The molecule has 127 heavy (non-hydrogen) atoms. The van der Waals surface area contributed by atoms with Gasteiger partial charge in [0.1, 0.15) is 17.0 Å². The molecular formula is C86H115N21O16S4. The summed E-state index contributed by atoms with van der Waals surface area (Å²) in [6.07, 6.45) is 23.2. The molecule has 0 spiro atoms. The number of rotatable bonds is 25. The summed E-state index contributed by atoms with van der Waals surface area (Å²) >= 11 is 0. The third-order valence-corrected chi connectivity index (χ3v) is 29.4. The van der Waals surface area contributed by atoms with Crippen LogP contribution in [-0.4, -0.2) is 221 Å². The smallest absolute Gasteiger partial charge is 0.354 e. The zero-order chi connectivity index (χ0) is 90.9. The fourth-order valence-corrected chi connectivity index (χ4v) is 22.1. The van der Waals surface area contributed by atoms with Crippen LogP contribution in [0.4, 0.5) is 41.9 Å². The molecular weight excluding hydrogens is 1710 g/mol. The van der Waals surface area contributed by atoms with E-state index in [9.17, 15) is 72.7 Å². The third-order valence-electron chi connectivity index (χ3n) is 24.6. The highest BCUT2D eigenvalue weighted by atomic mass is 32.2. The standard InChI is InChI=1S/C23H34N6O3S.C23H33N5O4S.C20H25N5O5S.C20H23N5O4S/c1-27(2)11-12-29-18(15-28(3)4)14-21(25-29)33(31,32)26-23(30)24-22-19-9-5-7-16(19)13-17-8-6-10-20(17)22;1-23(2,30)19-14-20(25-28(19)12-11-27(3)4)33(31,32)26-22(29)24-21-17-9-5-7-15(17)13-16-8-6-10-18(16)21;1-21-8-9-25-16(19(26)27)11-17(23-25)31(29,30)24-20(28)22-18-14-6-2-4-12(14)10-13-5-3-7-15(13)18;1-24-8-9-25-16(19(24)26)11-17(22-25)30(28,29)23-20(27)21-18-14-6-2-4-12(14)10-13-5-3-7-15(13)18/h13-14H,5-12,15H2,1-4H3,(H2,24,26,30);13-14,30H,5-12H2,1-4H3,(H2,24,26,29);10-11,21H,2-9H2,1H3,(H,26,27)(H2,22,24,28);10-11H,2-9H2,1H3,(H2,21,23,27). The average Bonchev–Trinajstić information content (AvgIpc) is 1.61. The summed E-state index contributed by atoms with van der Waals surface area (Å²) in [7, 11) is -2.02. The largest absolute Gasteiger partial charge is 0.477 e. The highest BCUT2D eigenvalue weighted by Crippen LogP contribution is 2.43. The molecule has 0 saturated heterocycles. The van der Waals surface area contributed by atoms with Crippen LogP contribution in [-0.2, 0) is 181 Å². The second kappa shape index (κ2) is 37.9. The summed E-state index contributed by atoms with van der Waals surface area (Å²) in [4.78, 5) is 82.0. The van der Waals surface area contributed by atoms with Crippen LogP contribution in [0.5, 0.6) is 0 Å². The van der Waals surface area contributed by atoms with Crippen molar-refractivity contribution in [3.8, 4) is 0 Å². The number of fused-ring (bicyclic) bond motifs is 9. The highest BCUT2D eigenvalue weighted by molar-refractivity contribution is 7.90. The number of aromatic nitrogens is 8. The van der Waals surface area contributed by atoms with Crippen molar-refractivity contribution in [1.29, 1.82) is 0 Å². The number of carboxylic acids is 1. The number of hydrogen-bond acceptors (Lipinski definition) is 23. The van der Waals surface area contributed by atoms with Crippen LogP contribution < -0.4 is 45.5 Å². The Hall–Kier alpha value is -10.7. The molecule has 11 N–H and O–H groups in total. The molecule has 0 radical (unpaired) electrons. The van der Waals surface area contributed by atoms with Gasteiger partial charge in [-0.3, -0.25) is 23.5 Å². The van der Waals surface area contributed by atoms with Crippen LogP contribution in [0.15, 0.2) is 68.6 Å². The number of aromatic carboxylic acids is 1. The fourth-order valence-electron chi connectivity index (χ4n) is 18.6. The molecule has 4 aromatic carbocycles. The first-order chi connectivity index (χ1) is 60.2. The summed E-state index contributed by atoms with van der Waals surface area (Å²) in [5.74, 6) is -1.60. The van der Waals surface area contributed by atoms with Crippen LogP contribution >= 0.6 is 0 Å². The minimum atomic E-state index is -4.35. The van der Waals surface area contributed by atoms with E-state index in [1.807, 2.05) is 61.7 Å². The van der Waals surface area contributed by atoms with Gasteiger partial charge in [-0.2, -0.15) is 54.1 Å². The Labute approximate surface area is 740 Å². The summed E-state index contributed by atoms with van der Waals surface area (Å²) in [6.45, 7) is 7.41. The van der Waals surface area contributed by atoms with Gasteiger partial charge in [-0.15, -0.1) is 0 Å². The van der Waals surface area contributed by atoms with E-state index >= 15 is 0 Å². The number of hydrogen-bond donors (Lipinski definition) is 11. The lowest BCUT2D eigenvalue weighted by atomic mass is 9.99. The maximum Gasteiger partial charge on any atom is 0.354 e. The predicted octanol–water partition coefficient (Wildman–Crippen LogP) is 6.90. The van der Waals surface area contributed by atoms with Gasteiger partial charge in [-0.05, 0) is 306 Å². The minimum Gasteiger partial charge on any atom is -0.477 e. The van der Waals surface area contributed by atoms with Gasteiger partial charge in [0.25, 0.3) is 46.0 Å². The zero-order valence-electron chi connectivity index (χ0n) is 73.6. The Balaban J connectivity index is 0.000000137. The van der Waals surface area contributed by atoms with Gasteiger partial charge >= 0.3 is 30.1 Å². The Kier molecular flexibility index (Phi) is 27.6. The number of anilines is 4. The summed E-state index contributed by atoms with van der Waals surface area (Å²) in [6, 6.07) is 10.8. The average molecular weight is 1830 g/mol. The lowest BCUT2D eigenvalue weighted by Crippen LogP contribution is -2.37. The molecule has 0 bridgehead atoms. The van der Waals surface area contributed by atoms with E-state index in [1.165, 1.54) is 70.9 Å². The monoisotopic (exact) mass is 1830 g/mol. The van der Waals surface area contributed by atoms with E-state index in [0.29, 0.717) is 51.5 Å². The second-order valence-corrected chi connectivity index (χ2v) is 41.7. The zero-order valence-corrected chi connectivity index (χ0v) is 76.8. The molecule has 17 rings (SSSR count). The number of carbonyl (C=O) groups is 6. The highest BCUT2D eigenvalue weighted by Gasteiger charge is 2.37. The van der Waals surface area contributed by atoms with Gasteiger partial charge in [-0.1, -0.05) is 24.3 Å². The van der Waals surface area contributed by atoms with Crippen molar-refractivity contribution in [2.45, 2.75) is 226 Å².